The Morgan fingerprint density at radius 2 is 1.64 bits per heavy atom. The number of pyridine rings is 1. The predicted molar refractivity (Wildman–Crippen MR) is 135 cm³/mol. The van der Waals surface area contributed by atoms with Gasteiger partial charge in [0.25, 0.3) is 0 Å². The SMILES string of the molecule is O=C(Nc1ccc(SC(C(=O)Nc2ccc(Cl)cn2)c2ccccc2)cc1)C1CCCCC1. The minimum absolute atomic E-state index is 0.104. The van der Waals surface area contributed by atoms with Crippen LogP contribution in [0, 0.1) is 5.92 Å². The molecule has 170 valence electrons. The molecule has 33 heavy (non-hydrogen) atoms. The van der Waals surface area contributed by atoms with Gasteiger partial charge in [-0.05, 0) is 54.8 Å². The Hall–Kier alpha value is -2.83. The number of amides is 2. The van der Waals surface area contributed by atoms with E-state index in [1.165, 1.54) is 24.4 Å². The first-order valence-corrected chi connectivity index (χ1v) is 12.4. The number of anilines is 2. The molecular formula is C26H26ClN3O2S. The smallest absolute Gasteiger partial charge is 0.243 e. The maximum absolute atomic E-state index is 13.1. The highest BCUT2D eigenvalue weighted by molar-refractivity contribution is 8.00. The van der Waals surface area contributed by atoms with Crippen LogP contribution in [0.1, 0.15) is 42.9 Å². The fraction of sp³-hybridized carbons (Fsp3) is 0.269. The lowest BCUT2D eigenvalue weighted by molar-refractivity contribution is -0.120. The Labute approximate surface area is 203 Å². The Bertz CT molecular complexity index is 1070. The zero-order valence-electron chi connectivity index (χ0n) is 18.2. The summed E-state index contributed by atoms with van der Waals surface area (Å²) in [6.45, 7) is 0. The van der Waals surface area contributed by atoms with Crippen molar-refractivity contribution >= 4 is 46.7 Å². The summed E-state index contributed by atoms with van der Waals surface area (Å²) in [5.74, 6) is 0.495. The summed E-state index contributed by atoms with van der Waals surface area (Å²) in [6.07, 6.45) is 6.92. The van der Waals surface area contributed by atoms with Crippen LogP contribution in [0.4, 0.5) is 11.5 Å². The van der Waals surface area contributed by atoms with Gasteiger partial charge in [0.2, 0.25) is 11.8 Å². The lowest BCUT2D eigenvalue weighted by atomic mass is 9.88. The molecule has 1 heterocycles. The first-order chi connectivity index (χ1) is 16.1. The highest BCUT2D eigenvalue weighted by atomic mass is 35.5. The zero-order chi connectivity index (χ0) is 23.0. The molecular weight excluding hydrogens is 454 g/mol. The lowest BCUT2D eigenvalue weighted by Gasteiger charge is -2.21. The van der Waals surface area contributed by atoms with Crippen LogP contribution in [0.25, 0.3) is 0 Å². The van der Waals surface area contributed by atoms with E-state index in [1.807, 2.05) is 54.6 Å². The van der Waals surface area contributed by atoms with Crippen molar-refractivity contribution in [2.45, 2.75) is 42.2 Å². The van der Waals surface area contributed by atoms with E-state index in [4.69, 9.17) is 11.6 Å². The molecule has 0 spiro atoms. The summed E-state index contributed by atoms with van der Waals surface area (Å²) < 4.78 is 0. The average molecular weight is 480 g/mol. The van der Waals surface area contributed by atoms with Gasteiger partial charge in [0.05, 0.1) is 5.02 Å². The fourth-order valence-electron chi connectivity index (χ4n) is 3.90. The molecule has 2 aromatic carbocycles. The summed E-state index contributed by atoms with van der Waals surface area (Å²) in [4.78, 5) is 30.7. The molecule has 3 aromatic rings. The molecule has 2 amide bonds. The van der Waals surface area contributed by atoms with Gasteiger partial charge in [0.1, 0.15) is 11.1 Å². The van der Waals surface area contributed by atoms with E-state index in [2.05, 4.69) is 15.6 Å². The van der Waals surface area contributed by atoms with Gasteiger partial charge in [-0.15, -0.1) is 11.8 Å². The van der Waals surface area contributed by atoms with Crippen LogP contribution in [-0.2, 0) is 9.59 Å². The van der Waals surface area contributed by atoms with Crippen molar-refractivity contribution in [3.8, 4) is 0 Å². The Balaban J connectivity index is 1.45. The number of carbonyl (C=O) groups excluding carboxylic acids is 2. The van der Waals surface area contributed by atoms with Crippen molar-refractivity contribution in [3.05, 3.63) is 83.5 Å². The monoisotopic (exact) mass is 479 g/mol. The summed E-state index contributed by atoms with van der Waals surface area (Å²) in [5.41, 5.74) is 1.67. The summed E-state index contributed by atoms with van der Waals surface area (Å²) in [5, 5.41) is 5.96. The molecule has 1 saturated carbocycles. The number of carbonyl (C=O) groups is 2. The zero-order valence-corrected chi connectivity index (χ0v) is 19.7. The number of thioether (sulfide) groups is 1. The summed E-state index contributed by atoms with van der Waals surface area (Å²) >= 11 is 7.35. The van der Waals surface area contributed by atoms with Crippen molar-refractivity contribution in [2.75, 3.05) is 10.6 Å². The molecule has 0 radical (unpaired) electrons. The second kappa shape index (κ2) is 11.3. The minimum Gasteiger partial charge on any atom is -0.326 e. The number of nitrogens with zero attached hydrogens (tertiary/aromatic N) is 1. The van der Waals surface area contributed by atoms with E-state index in [1.54, 1.807) is 12.1 Å². The van der Waals surface area contributed by atoms with Crippen LogP contribution < -0.4 is 10.6 Å². The molecule has 1 atom stereocenters. The standard InChI is InChI=1S/C26H26ClN3O2S/c27-20-11-16-23(28-17-20)30-26(32)24(18-7-3-1-4-8-18)33-22-14-12-21(13-15-22)29-25(31)19-9-5-2-6-10-19/h1,3-4,7-8,11-17,19,24H,2,5-6,9-10H2,(H,29,31)(H,28,30,32). The van der Waals surface area contributed by atoms with Gasteiger partial charge < -0.3 is 10.6 Å². The Morgan fingerprint density at radius 3 is 2.30 bits per heavy atom. The number of rotatable bonds is 7. The highest BCUT2D eigenvalue weighted by Gasteiger charge is 2.23. The van der Waals surface area contributed by atoms with Crippen LogP contribution in [0.15, 0.2) is 77.8 Å². The maximum atomic E-state index is 13.1. The topological polar surface area (TPSA) is 71.1 Å². The molecule has 7 heteroatoms. The number of halogens is 1. The van der Waals surface area contributed by atoms with Gasteiger partial charge in [-0.25, -0.2) is 4.98 Å². The quantitative estimate of drug-likeness (QED) is 0.369. The van der Waals surface area contributed by atoms with Crippen LogP contribution in [-0.4, -0.2) is 16.8 Å². The summed E-state index contributed by atoms with van der Waals surface area (Å²) in [7, 11) is 0. The maximum Gasteiger partial charge on any atom is 0.243 e. The molecule has 1 aromatic heterocycles. The first kappa shape index (κ1) is 23.3. The molecule has 1 fully saturated rings. The van der Waals surface area contributed by atoms with Crippen LogP contribution in [0.3, 0.4) is 0 Å². The van der Waals surface area contributed by atoms with Crippen LogP contribution in [0.2, 0.25) is 5.02 Å². The Kier molecular flexibility index (Phi) is 8.02. The fourth-order valence-corrected chi connectivity index (χ4v) is 5.04. The number of hydrogen-bond donors (Lipinski definition) is 2. The normalized spacial score (nSPS) is 14.9. The van der Waals surface area contributed by atoms with E-state index >= 15 is 0 Å². The number of benzene rings is 2. The van der Waals surface area contributed by atoms with Gasteiger partial charge in [-0.1, -0.05) is 61.2 Å². The van der Waals surface area contributed by atoms with Crippen molar-refractivity contribution < 1.29 is 9.59 Å². The van der Waals surface area contributed by atoms with Crippen molar-refractivity contribution in [1.82, 2.24) is 4.98 Å². The average Bonchev–Trinajstić information content (AvgIpc) is 2.86. The number of hydrogen-bond acceptors (Lipinski definition) is 4. The van der Waals surface area contributed by atoms with Crippen LogP contribution >= 0.6 is 23.4 Å². The molecule has 0 saturated heterocycles. The van der Waals surface area contributed by atoms with Gasteiger partial charge in [0.15, 0.2) is 0 Å². The van der Waals surface area contributed by atoms with E-state index in [9.17, 15) is 9.59 Å². The second-order valence-electron chi connectivity index (χ2n) is 8.11. The largest absolute Gasteiger partial charge is 0.326 e. The molecule has 2 N–H and O–H groups in total. The van der Waals surface area contributed by atoms with Crippen LogP contribution in [0.5, 0.6) is 0 Å². The third kappa shape index (κ3) is 6.59. The molecule has 1 aliphatic carbocycles. The number of aromatic nitrogens is 1. The predicted octanol–water partition coefficient (Wildman–Crippen LogP) is 6.73. The first-order valence-electron chi connectivity index (χ1n) is 11.1. The molecule has 4 rings (SSSR count). The van der Waals surface area contributed by atoms with E-state index in [-0.39, 0.29) is 17.7 Å². The summed E-state index contributed by atoms with van der Waals surface area (Å²) in [6, 6.07) is 20.7. The van der Waals surface area contributed by atoms with Gasteiger partial charge in [-0.3, -0.25) is 9.59 Å². The highest BCUT2D eigenvalue weighted by Crippen LogP contribution is 2.37. The third-order valence-corrected chi connectivity index (χ3v) is 7.16. The molecule has 0 bridgehead atoms. The number of nitrogens with one attached hydrogen (secondary N) is 2. The molecule has 5 nitrogen and oxygen atoms in total. The van der Waals surface area contributed by atoms with Crippen molar-refractivity contribution in [1.29, 1.82) is 0 Å². The Morgan fingerprint density at radius 1 is 0.909 bits per heavy atom. The third-order valence-electron chi connectivity index (χ3n) is 5.67. The molecule has 0 aliphatic heterocycles. The van der Waals surface area contributed by atoms with Gasteiger partial charge >= 0.3 is 0 Å². The van der Waals surface area contributed by atoms with E-state index < -0.39 is 5.25 Å². The lowest BCUT2D eigenvalue weighted by Crippen LogP contribution is -2.24. The van der Waals surface area contributed by atoms with Crippen molar-refractivity contribution in [2.24, 2.45) is 5.92 Å². The van der Waals surface area contributed by atoms with E-state index in [0.717, 1.165) is 41.8 Å². The van der Waals surface area contributed by atoms with Gasteiger partial charge in [0, 0.05) is 22.7 Å². The molecule has 1 aliphatic rings. The van der Waals surface area contributed by atoms with Gasteiger partial charge in [-0.2, -0.15) is 0 Å². The second-order valence-corrected chi connectivity index (χ2v) is 9.72. The van der Waals surface area contributed by atoms with E-state index in [0.29, 0.717) is 10.8 Å². The minimum atomic E-state index is -0.466. The van der Waals surface area contributed by atoms with Crippen molar-refractivity contribution in [3.63, 3.8) is 0 Å². The molecule has 1 unspecified atom stereocenters.